The highest BCUT2D eigenvalue weighted by Gasteiger charge is 2.40. The summed E-state index contributed by atoms with van der Waals surface area (Å²) >= 11 is 6.72. The largest absolute Gasteiger partial charge is 0.444 e. The van der Waals surface area contributed by atoms with Crippen LogP contribution in [-0.4, -0.2) is 49.5 Å². The summed E-state index contributed by atoms with van der Waals surface area (Å²) in [6.45, 7) is 8.95. The van der Waals surface area contributed by atoms with Gasteiger partial charge in [0.05, 0.1) is 33.7 Å². The zero-order chi connectivity index (χ0) is 26.9. The molecule has 0 saturated carbocycles. The molecule has 1 atom stereocenters. The van der Waals surface area contributed by atoms with Crippen LogP contribution >= 0.6 is 11.6 Å². The first kappa shape index (κ1) is 26.1. The Labute approximate surface area is 227 Å². The highest BCUT2D eigenvalue weighted by Crippen LogP contribution is 2.34. The minimum Gasteiger partial charge on any atom is -0.444 e. The van der Waals surface area contributed by atoms with E-state index in [9.17, 15) is 4.79 Å². The van der Waals surface area contributed by atoms with Gasteiger partial charge in [-0.25, -0.2) is 14.5 Å². The van der Waals surface area contributed by atoms with E-state index in [0.29, 0.717) is 29.5 Å². The standard InChI is InChI=1S/C28H32ClN7O2/c1-5-18-11-19(14-31-13-18)22-12-23-20(15-32-22)16-33-36(23)24-8-7-21(29)25(34-24)28(9-6-10-30-17-28)35-26(37)38-27(2,3)4/h7-8,11-16,30H,5-6,9-10,17H2,1-4H3,(H,35,37)/t28-/m0/s1. The Hall–Kier alpha value is -3.56. The van der Waals surface area contributed by atoms with Crippen LogP contribution in [0, 0.1) is 0 Å². The van der Waals surface area contributed by atoms with Crippen LogP contribution in [0.1, 0.15) is 51.8 Å². The number of piperidine rings is 1. The molecule has 1 aliphatic heterocycles. The number of amides is 1. The Balaban J connectivity index is 1.56. The van der Waals surface area contributed by atoms with Crippen LogP contribution in [0.3, 0.4) is 0 Å². The second-order valence-electron chi connectivity index (χ2n) is 10.6. The summed E-state index contributed by atoms with van der Waals surface area (Å²) in [5, 5.41) is 12.4. The van der Waals surface area contributed by atoms with Gasteiger partial charge in [0.1, 0.15) is 5.60 Å². The summed E-state index contributed by atoms with van der Waals surface area (Å²) in [6, 6.07) is 7.72. The van der Waals surface area contributed by atoms with E-state index >= 15 is 0 Å². The Morgan fingerprint density at radius 3 is 2.79 bits per heavy atom. The van der Waals surface area contributed by atoms with E-state index in [4.69, 9.17) is 21.3 Å². The third-order valence-corrected chi connectivity index (χ3v) is 6.88. The molecule has 0 unspecified atom stereocenters. The van der Waals surface area contributed by atoms with Gasteiger partial charge in [-0.3, -0.25) is 9.97 Å². The summed E-state index contributed by atoms with van der Waals surface area (Å²) in [6.07, 6.45) is 9.16. The van der Waals surface area contributed by atoms with Crippen LogP contribution < -0.4 is 10.6 Å². The van der Waals surface area contributed by atoms with Crippen LogP contribution in [0.15, 0.2) is 49.1 Å². The van der Waals surface area contributed by atoms with Gasteiger partial charge in [0.2, 0.25) is 0 Å². The van der Waals surface area contributed by atoms with Crippen molar-refractivity contribution in [3.05, 3.63) is 65.3 Å². The minimum absolute atomic E-state index is 0.467. The van der Waals surface area contributed by atoms with Crippen LogP contribution in [0.4, 0.5) is 4.79 Å². The average molecular weight is 534 g/mol. The number of aryl methyl sites for hydroxylation is 1. The maximum Gasteiger partial charge on any atom is 0.408 e. The number of hydrogen-bond donors (Lipinski definition) is 2. The number of aromatic nitrogens is 5. The van der Waals surface area contributed by atoms with Crippen molar-refractivity contribution in [3.8, 4) is 17.1 Å². The molecule has 9 nitrogen and oxygen atoms in total. The molecule has 0 radical (unpaired) electrons. The number of fused-ring (bicyclic) bond motifs is 1. The lowest BCUT2D eigenvalue weighted by Crippen LogP contribution is -2.56. The molecule has 4 aromatic rings. The molecule has 198 valence electrons. The number of nitrogens with one attached hydrogen (secondary N) is 2. The summed E-state index contributed by atoms with van der Waals surface area (Å²) in [5.41, 5.74) is 2.87. The molecule has 0 bridgehead atoms. The molecule has 0 spiro atoms. The Kier molecular flexibility index (Phi) is 7.07. The summed E-state index contributed by atoms with van der Waals surface area (Å²) in [4.78, 5) is 26.8. The van der Waals surface area contributed by atoms with Crippen molar-refractivity contribution in [3.63, 3.8) is 0 Å². The van der Waals surface area contributed by atoms with E-state index < -0.39 is 17.2 Å². The number of rotatable bonds is 5. The van der Waals surface area contributed by atoms with Gasteiger partial charge in [0.15, 0.2) is 5.82 Å². The highest BCUT2D eigenvalue weighted by atomic mass is 35.5. The number of carbonyl (C=O) groups excluding carboxylic acids is 1. The van der Waals surface area contributed by atoms with Gasteiger partial charge in [0.25, 0.3) is 0 Å². The molecule has 5 rings (SSSR count). The van der Waals surface area contributed by atoms with Crippen LogP contribution in [0.2, 0.25) is 5.02 Å². The minimum atomic E-state index is -0.824. The lowest BCUT2D eigenvalue weighted by Gasteiger charge is -2.38. The maximum atomic E-state index is 12.9. The SMILES string of the molecule is CCc1cncc(-c2cc3c(cn2)cnn3-c2ccc(Cl)c([C@]3(NC(=O)OC(C)(C)C)CCCNC3)n2)c1. The van der Waals surface area contributed by atoms with Crippen molar-refractivity contribution in [1.82, 2.24) is 35.4 Å². The fourth-order valence-corrected chi connectivity index (χ4v) is 5.03. The summed E-state index contributed by atoms with van der Waals surface area (Å²) < 4.78 is 7.35. The second-order valence-corrected chi connectivity index (χ2v) is 11.0. The number of halogens is 1. The number of alkyl carbamates (subject to hydrolysis) is 1. The van der Waals surface area contributed by atoms with E-state index in [1.165, 1.54) is 0 Å². The number of carbonyl (C=O) groups is 1. The monoisotopic (exact) mass is 533 g/mol. The lowest BCUT2D eigenvalue weighted by molar-refractivity contribution is 0.0427. The molecule has 1 saturated heterocycles. The van der Waals surface area contributed by atoms with Crippen molar-refractivity contribution >= 4 is 28.6 Å². The molecule has 4 aromatic heterocycles. The summed E-state index contributed by atoms with van der Waals surface area (Å²) in [7, 11) is 0. The first-order chi connectivity index (χ1) is 18.2. The topological polar surface area (TPSA) is 107 Å². The number of ether oxygens (including phenoxy) is 1. The van der Waals surface area contributed by atoms with Crippen molar-refractivity contribution in [2.24, 2.45) is 0 Å². The zero-order valence-corrected chi connectivity index (χ0v) is 22.8. The number of nitrogens with zero attached hydrogens (tertiary/aromatic N) is 5. The van der Waals surface area contributed by atoms with Crippen molar-refractivity contribution in [2.75, 3.05) is 13.1 Å². The van der Waals surface area contributed by atoms with Gasteiger partial charge in [-0.05, 0) is 76.4 Å². The fraction of sp³-hybridized carbons (Fsp3) is 0.393. The first-order valence-corrected chi connectivity index (χ1v) is 13.2. The van der Waals surface area contributed by atoms with Gasteiger partial charge in [-0.1, -0.05) is 18.5 Å². The molecule has 5 heterocycles. The molecule has 0 aromatic carbocycles. The number of hydrogen-bond acceptors (Lipinski definition) is 7. The van der Waals surface area contributed by atoms with Crippen LogP contribution in [0.5, 0.6) is 0 Å². The molecule has 38 heavy (non-hydrogen) atoms. The van der Waals surface area contributed by atoms with E-state index in [0.717, 1.165) is 47.1 Å². The normalized spacial score (nSPS) is 17.9. The van der Waals surface area contributed by atoms with E-state index in [1.54, 1.807) is 23.1 Å². The third kappa shape index (κ3) is 5.35. The fourth-order valence-electron chi connectivity index (χ4n) is 4.74. The Morgan fingerprint density at radius 2 is 2.05 bits per heavy atom. The molecule has 1 fully saturated rings. The molecular formula is C28H32ClN7O2. The summed E-state index contributed by atoms with van der Waals surface area (Å²) in [5.74, 6) is 0.591. The predicted molar refractivity (Wildman–Crippen MR) is 147 cm³/mol. The van der Waals surface area contributed by atoms with Crippen molar-refractivity contribution in [1.29, 1.82) is 0 Å². The van der Waals surface area contributed by atoms with Gasteiger partial charge in [-0.15, -0.1) is 0 Å². The van der Waals surface area contributed by atoms with E-state index in [-0.39, 0.29) is 0 Å². The Morgan fingerprint density at radius 1 is 1.21 bits per heavy atom. The maximum absolute atomic E-state index is 12.9. The molecular weight excluding hydrogens is 502 g/mol. The molecule has 0 aliphatic carbocycles. The first-order valence-electron chi connectivity index (χ1n) is 12.8. The van der Waals surface area contributed by atoms with Gasteiger partial charge in [0, 0.05) is 36.1 Å². The van der Waals surface area contributed by atoms with Gasteiger partial charge >= 0.3 is 6.09 Å². The van der Waals surface area contributed by atoms with Crippen LogP contribution in [-0.2, 0) is 16.7 Å². The smallest absolute Gasteiger partial charge is 0.408 e. The van der Waals surface area contributed by atoms with E-state index in [1.807, 2.05) is 45.3 Å². The lowest BCUT2D eigenvalue weighted by atomic mass is 9.86. The van der Waals surface area contributed by atoms with Crippen LogP contribution in [0.25, 0.3) is 28.0 Å². The third-order valence-electron chi connectivity index (χ3n) is 6.58. The van der Waals surface area contributed by atoms with Crippen molar-refractivity contribution < 1.29 is 9.53 Å². The highest BCUT2D eigenvalue weighted by molar-refractivity contribution is 6.31. The molecule has 1 aliphatic rings. The van der Waals surface area contributed by atoms with E-state index in [2.05, 4.69) is 38.7 Å². The van der Waals surface area contributed by atoms with Gasteiger partial charge < -0.3 is 15.4 Å². The Bertz CT molecular complexity index is 1470. The van der Waals surface area contributed by atoms with Gasteiger partial charge in [-0.2, -0.15) is 5.10 Å². The average Bonchev–Trinajstić information content (AvgIpc) is 3.31. The second kappa shape index (κ2) is 10.3. The number of pyridine rings is 3. The van der Waals surface area contributed by atoms with Crippen molar-refractivity contribution in [2.45, 2.75) is 58.1 Å². The predicted octanol–water partition coefficient (Wildman–Crippen LogP) is 5.20. The molecule has 10 heteroatoms. The molecule has 2 N–H and O–H groups in total. The zero-order valence-electron chi connectivity index (χ0n) is 22.1. The quantitative estimate of drug-likeness (QED) is 0.363. The molecule has 1 amide bonds.